The molecule has 0 saturated heterocycles. The number of aromatic carboxylic acids is 1. The van der Waals surface area contributed by atoms with Crippen LogP contribution in [0.4, 0.5) is 5.69 Å². The van der Waals surface area contributed by atoms with E-state index in [0.29, 0.717) is 12.3 Å². The van der Waals surface area contributed by atoms with Crippen molar-refractivity contribution < 1.29 is 14.3 Å². The Morgan fingerprint density at radius 2 is 2.06 bits per heavy atom. The van der Waals surface area contributed by atoms with E-state index in [1.807, 2.05) is 12.1 Å². The Bertz CT molecular complexity index is 528. The highest BCUT2D eigenvalue weighted by Crippen LogP contribution is 2.13. The fourth-order valence-electron chi connectivity index (χ4n) is 1.63. The molecular formula is C14H15NO3. The van der Waals surface area contributed by atoms with Crippen LogP contribution in [0, 0.1) is 0 Å². The SMILES string of the molecule is CCc1ccc(NCc2cc(C(=O)O)co2)cc1. The van der Waals surface area contributed by atoms with Gasteiger partial charge in [0.15, 0.2) is 0 Å². The van der Waals surface area contributed by atoms with Gasteiger partial charge in [0.25, 0.3) is 0 Å². The lowest BCUT2D eigenvalue weighted by atomic mass is 10.1. The number of hydrogen-bond donors (Lipinski definition) is 2. The topological polar surface area (TPSA) is 62.5 Å². The predicted octanol–water partition coefficient (Wildman–Crippen LogP) is 3.15. The summed E-state index contributed by atoms with van der Waals surface area (Å²) >= 11 is 0. The van der Waals surface area contributed by atoms with Crippen LogP contribution in [0.5, 0.6) is 0 Å². The third-order valence-corrected chi connectivity index (χ3v) is 2.73. The molecule has 18 heavy (non-hydrogen) atoms. The number of benzene rings is 1. The summed E-state index contributed by atoms with van der Waals surface area (Å²) in [7, 11) is 0. The normalized spacial score (nSPS) is 10.3. The molecule has 0 atom stereocenters. The third-order valence-electron chi connectivity index (χ3n) is 2.73. The number of nitrogens with one attached hydrogen (secondary N) is 1. The molecule has 4 nitrogen and oxygen atoms in total. The summed E-state index contributed by atoms with van der Waals surface area (Å²) in [4.78, 5) is 10.7. The van der Waals surface area contributed by atoms with Crippen LogP contribution >= 0.6 is 0 Å². The fraction of sp³-hybridized carbons (Fsp3) is 0.214. The Morgan fingerprint density at radius 3 is 2.61 bits per heavy atom. The van der Waals surface area contributed by atoms with Gasteiger partial charge >= 0.3 is 5.97 Å². The fourth-order valence-corrected chi connectivity index (χ4v) is 1.63. The molecule has 2 aromatic rings. The summed E-state index contributed by atoms with van der Waals surface area (Å²) < 4.78 is 5.15. The lowest BCUT2D eigenvalue weighted by molar-refractivity contribution is 0.0696. The Hall–Kier alpha value is -2.23. The van der Waals surface area contributed by atoms with E-state index in [-0.39, 0.29) is 5.56 Å². The van der Waals surface area contributed by atoms with E-state index in [9.17, 15) is 4.79 Å². The van der Waals surface area contributed by atoms with Crippen molar-refractivity contribution in [3.8, 4) is 0 Å². The number of carboxylic acid groups (broad SMARTS) is 1. The van der Waals surface area contributed by atoms with E-state index in [2.05, 4.69) is 24.4 Å². The van der Waals surface area contributed by atoms with Gasteiger partial charge in [-0.3, -0.25) is 0 Å². The largest absolute Gasteiger partial charge is 0.478 e. The molecule has 2 rings (SSSR count). The molecular weight excluding hydrogens is 230 g/mol. The van der Waals surface area contributed by atoms with Crippen LogP contribution < -0.4 is 5.32 Å². The van der Waals surface area contributed by atoms with Crippen LogP contribution in [-0.4, -0.2) is 11.1 Å². The smallest absolute Gasteiger partial charge is 0.338 e. The molecule has 4 heteroatoms. The van der Waals surface area contributed by atoms with Gasteiger partial charge < -0.3 is 14.8 Å². The highest BCUT2D eigenvalue weighted by Gasteiger charge is 2.07. The van der Waals surface area contributed by atoms with E-state index in [1.165, 1.54) is 17.9 Å². The molecule has 0 fully saturated rings. The zero-order chi connectivity index (χ0) is 13.0. The number of rotatable bonds is 5. The van der Waals surface area contributed by atoms with Gasteiger partial charge in [0, 0.05) is 5.69 Å². The molecule has 0 amide bonds. The lowest BCUT2D eigenvalue weighted by Crippen LogP contribution is -1.98. The van der Waals surface area contributed by atoms with Crippen LogP contribution in [0.1, 0.15) is 28.6 Å². The molecule has 0 aliphatic carbocycles. The van der Waals surface area contributed by atoms with Gasteiger partial charge in [0.1, 0.15) is 12.0 Å². The minimum atomic E-state index is -0.975. The highest BCUT2D eigenvalue weighted by molar-refractivity contribution is 5.87. The number of anilines is 1. The van der Waals surface area contributed by atoms with Crippen molar-refractivity contribution in [3.05, 3.63) is 53.5 Å². The summed E-state index contributed by atoms with van der Waals surface area (Å²) in [5.41, 5.74) is 2.44. The Balaban J connectivity index is 1.95. The summed E-state index contributed by atoms with van der Waals surface area (Å²) in [5.74, 6) is -0.371. The first-order valence-corrected chi connectivity index (χ1v) is 5.82. The summed E-state index contributed by atoms with van der Waals surface area (Å²) in [6, 6.07) is 9.65. The number of furan rings is 1. The van der Waals surface area contributed by atoms with Gasteiger partial charge in [0.2, 0.25) is 0 Å². The molecule has 0 radical (unpaired) electrons. The zero-order valence-electron chi connectivity index (χ0n) is 10.1. The van der Waals surface area contributed by atoms with Gasteiger partial charge in [-0.15, -0.1) is 0 Å². The maximum absolute atomic E-state index is 10.7. The molecule has 94 valence electrons. The van der Waals surface area contributed by atoms with E-state index in [0.717, 1.165) is 12.1 Å². The minimum absolute atomic E-state index is 0.174. The Kier molecular flexibility index (Phi) is 3.67. The zero-order valence-corrected chi connectivity index (χ0v) is 10.1. The van der Waals surface area contributed by atoms with Gasteiger partial charge in [-0.05, 0) is 30.2 Å². The van der Waals surface area contributed by atoms with Crippen molar-refractivity contribution in [1.82, 2.24) is 0 Å². The third kappa shape index (κ3) is 2.91. The minimum Gasteiger partial charge on any atom is -0.478 e. The van der Waals surface area contributed by atoms with Gasteiger partial charge in [0.05, 0.1) is 12.1 Å². The summed E-state index contributed by atoms with van der Waals surface area (Å²) in [5, 5.41) is 11.9. The summed E-state index contributed by atoms with van der Waals surface area (Å²) in [6.45, 7) is 2.58. The molecule has 0 unspecified atom stereocenters. The maximum Gasteiger partial charge on any atom is 0.338 e. The second-order valence-corrected chi connectivity index (χ2v) is 4.01. The van der Waals surface area contributed by atoms with Gasteiger partial charge in [-0.25, -0.2) is 4.79 Å². The van der Waals surface area contributed by atoms with Crippen LogP contribution in [-0.2, 0) is 13.0 Å². The maximum atomic E-state index is 10.7. The molecule has 0 spiro atoms. The molecule has 1 heterocycles. The van der Waals surface area contributed by atoms with Crippen molar-refractivity contribution in [2.75, 3.05) is 5.32 Å². The average molecular weight is 245 g/mol. The quantitative estimate of drug-likeness (QED) is 0.849. The second kappa shape index (κ2) is 5.40. The lowest BCUT2D eigenvalue weighted by Gasteiger charge is -2.04. The van der Waals surface area contributed by atoms with Crippen molar-refractivity contribution in [2.45, 2.75) is 19.9 Å². The molecule has 0 bridgehead atoms. The molecule has 0 aliphatic rings. The molecule has 0 aliphatic heterocycles. The van der Waals surface area contributed by atoms with E-state index < -0.39 is 5.97 Å². The molecule has 1 aromatic carbocycles. The van der Waals surface area contributed by atoms with Crippen LogP contribution in [0.3, 0.4) is 0 Å². The van der Waals surface area contributed by atoms with Gasteiger partial charge in [-0.1, -0.05) is 19.1 Å². The first kappa shape index (κ1) is 12.2. The van der Waals surface area contributed by atoms with E-state index in [1.54, 1.807) is 0 Å². The van der Waals surface area contributed by atoms with Crippen molar-refractivity contribution in [1.29, 1.82) is 0 Å². The predicted molar refractivity (Wildman–Crippen MR) is 68.8 cm³/mol. The number of carboxylic acids is 1. The number of aryl methyl sites for hydroxylation is 1. The average Bonchev–Trinajstić information content (AvgIpc) is 2.86. The van der Waals surface area contributed by atoms with Gasteiger partial charge in [-0.2, -0.15) is 0 Å². The molecule has 0 saturated carbocycles. The molecule has 2 N–H and O–H groups in total. The first-order valence-electron chi connectivity index (χ1n) is 5.82. The Labute approximate surface area is 105 Å². The van der Waals surface area contributed by atoms with E-state index in [4.69, 9.17) is 9.52 Å². The van der Waals surface area contributed by atoms with Crippen molar-refractivity contribution in [3.63, 3.8) is 0 Å². The Morgan fingerprint density at radius 1 is 1.33 bits per heavy atom. The molecule has 1 aromatic heterocycles. The number of carbonyl (C=O) groups is 1. The van der Waals surface area contributed by atoms with Crippen LogP contribution in [0.2, 0.25) is 0 Å². The monoisotopic (exact) mass is 245 g/mol. The second-order valence-electron chi connectivity index (χ2n) is 4.01. The van der Waals surface area contributed by atoms with E-state index >= 15 is 0 Å². The van der Waals surface area contributed by atoms with Crippen molar-refractivity contribution >= 4 is 11.7 Å². The standard InChI is InChI=1S/C14H15NO3/c1-2-10-3-5-12(6-4-10)15-8-13-7-11(9-18-13)14(16)17/h3-7,9,15H,2,8H2,1H3,(H,16,17). The highest BCUT2D eigenvalue weighted by atomic mass is 16.4. The van der Waals surface area contributed by atoms with Crippen molar-refractivity contribution in [2.24, 2.45) is 0 Å². The van der Waals surface area contributed by atoms with Crippen LogP contribution in [0.25, 0.3) is 0 Å². The van der Waals surface area contributed by atoms with Crippen LogP contribution in [0.15, 0.2) is 41.0 Å². The first-order chi connectivity index (χ1) is 8.69. The summed E-state index contributed by atoms with van der Waals surface area (Å²) in [6.07, 6.45) is 2.26. The number of hydrogen-bond acceptors (Lipinski definition) is 3.